The summed E-state index contributed by atoms with van der Waals surface area (Å²) < 4.78 is 0. The van der Waals surface area contributed by atoms with Crippen molar-refractivity contribution in [2.45, 2.75) is 25.3 Å². The molecule has 2 aromatic rings. The molecule has 2 aromatic carbocycles. The molecule has 1 atom stereocenters. The summed E-state index contributed by atoms with van der Waals surface area (Å²) in [6.07, 6.45) is 2.83. The van der Waals surface area contributed by atoms with Gasteiger partial charge in [-0.2, -0.15) is 0 Å². The number of amides is 1. The number of hydrogen-bond donors (Lipinski definition) is 1. The summed E-state index contributed by atoms with van der Waals surface area (Å²) >= 11 is 6.03. The van der Waals surface area contributed by atoms with Gasteiger partial charge in [-0.15, -0.1) is 0 Å². The van der Waals surface area contributed by atoms with Gasteiger partial charge in [-0.1, -0.05) is 35.9 Å². The molecule has 1 aliphatic carbocycles. The smallest absolute Gasteiger partial charge is 0.270 e. The van der Waals surface area contributed by atoms with E-state index in [-0.39, 0.29) is 28.2 Å². The van der Waals surface area contributed by atoms with Crippen molar-refractivity contribution in [2.24, 2.45) is 0 Å². The van der Waals surface area contributed by atoms with Crippen LogP contribution in [0.2, 0.25) is 5.02 Å². The summed E-state index contributed by atoms with van der Waals surface area (Å²) in [6.45, 7) is 0. The predicted molar refractivity (Wildman–Crippen MR) is 87.7 cm³/mol. The Bertz CT molecular complexity index is 776. The van der Waals surface area contributed by atoms with Gasteiger partial charge >= 0.3 is 0 Å². The number of carbonyl (C=O) groups excluding carboxylic acids is 1. The average Bonchev–Trinajstić information content (AvgIpc) is 2.55. The van der Waals surface area contributed by atoms with E-state index in [0.717, 1.165) is 24.8 Å². The zero-order valence-electron chi connectivity index (χ0n) is 12.3. The SMILES string of the molecule is O=C(N[C@@H]1CCCc2ccccc21)c1cc([N+](=O)[O-])ccc1Cl. The van der Waals surface area contributed by atoms with E-state index < -0.39 is 4.92 Å². The minimum absolute atomic E-state index is 0.0946. The highest BCUT2D eigenvalue weighted by Gasteiger charge is 2.23. The van der Waals surface area contributed by atoms with Crippen LogP contribution >= 0.6 is 11.6 Å². The summed E-state index contributed by atoms with van der Waals surface area (Å²) in [4.78, 5) is 22.8. The van der Waals surface area contributed by atoms with Crippen LogP contribution in [0.15, 0.2) is 42.5 Å². The van der Waals surface area contributed by atoms with Gasteiger partial charge in [0.15, 0.2) is 0 Å². The van der Waals surface area contributed by atoms with E-state index in [9.17, 15) is 14.9 Å². The van der Waals surface area contributed by atoms with Gasteiger partial charge in [-0.25, -0.2) is 0 Å². The minimum Gasteiger partial charge on any atom is -0.345 e. The highest BCUT2D eigenvalue weighted by molar-refractivity contribution is 6.34. The molecule has 0 saturated carbocycles. The molecule has 5 nitrogen and oxygen atoms in total. The third kappa shape index (κ3) is 3.19. The van der Waals surface area contributed by atoms with Gasteiger partial charge < -0.3 is 5.32 Å². The fourth-order valence-corrected chi connectivity index (χ4v) is 3.14. The lowest BCUT2D eigenvalue weighted by molar-refractivity contribution is -0.384. The minimum atomic E-state index is -0.539. The quantitative estimate of drug-likeness (QED) is 0.681. The average molecular weight is 331 g/mol. The van der Waals surface area contributed by atoms with Gasteiger partial charge in [0.2, 0.25) is 0 Å². The van der Waals surface area contributed by atoms with Crippen LogP contribution in [0, 0.1) is 10.1 Å². The van der Waals surface area contributed by atoms with E-state index in [1.165, 1.54) is 23.8 Å². The van der Waals surface area contributed by atoms with Crippen molar-refractivity contribution < 1.29 is 9.72 Å². The lowest BCUT2D eigenvalue weighted by Gasteiger charge is -2.26. The van der Waals surface area contributed by atoms with Crippen LogP contribution in [0.5, 0.6) is 0 Å². The molecule has 1 aliphatic rings. The lowest BCUT2D eigenvalue weighted by Crippen LogP contribution is -2.31. The molecule has 0 spiro atoms. The van der Waals surface area contributed by atoms with Gasteiger partial charge in [0, 0.05) is 12.1 Å². The van der Waals surface area contributed by atoms with Crippen LogP contribution in [-0.2, 0) is 6.42 Å². The molecule has 0 fully saturated rings. The lowest BCUT2D eigenvalue weighted by atomic mass is 9.87. The Hall–Kier alpha value is -2.40. The van der Waals surface area contributed by atoms with Crippen molar-refractivity contribution >= 4 is 23.2 Å². The monoisotopic (exact) mass is 330 g/mol. The Morgan fingerprint density at radius 3 is 2.83 bits per heavy atom. The van der Waals surface area contributed by atoms with Crippen LogP contribution in [0.4, 0.5) is 5.69 Å². The highest BCUT2D eigenvalue weighted by Crippen LogP contribution is 2.30. The molecule has 0 saturated heterocycles. The first-order valence-electron chi connectivity index (χ1n) is 7.39. The van der Waals surface area contributed by atoms with E-state index in [0.29, 0.717) is 0 Å². The van der Waals surface area contributed by atoms with Crippen molar-refractivity contribution in [3.8, 4) is 0 Å². The fraction of sp³-hybridized carbons (Fsp3) is 0.235. The van der Waals surface area contributed by atoms with E-state index in [1.807, 2.05) is 18.2 Å². The third-order valence-corrected chi connectivity index (χ3v) is 4.41. The maximum Gasteiger partial charge on any atom is 0.270 e. The number of fused-ring (bicyclic) bond motifs is 1. The molecule has 1 amide bonds. The molecule has 3 rings (SSSR count). The molecule has 0 aliphatic heterocycles. The van der Waals surface area contributed by atoms with E-state index in [2.05, 4.69) is 11.4 Å². The molecule has 0 unspecified atom stereocenters. The predicted octanol–water partition coefficient (Wildman–Crippen LogP) is 4.06. The Morgan fingerprint density at radius 1 is 1.26 bits per heavy atom. The Labute approximate surface area is 138 Å². The molecule has 6 heteroatoms. The van der Waals surface area contributed by atoms with Crippen molar-refractivity contribution in [3.05, 3.63) is 74.3 Å². The second-order valence-electron chi connectivity index (χ2n) is 5.54. The van der Waals surface area contributed by atoms with Crippen molar-refractivity contribution in [1.82, 2.24) is 5.32 Å². The van der Waals surface area contributed by atoms with Gasteiger partial charge in [0.05, 0.1) is 21.6 Å². The normalized spacial score (nSPS) is 16.5. The number of nitro groups is 1. The van der Waals surface area contributed by atoms with Crippen molar-refractivity contribution in [3.63, 3.8) is 0 Å². The van der Waals surface area contributed by atoms with Gasteiger partial charge in [-0.05, 0) is 36.5 Å². The number of carbonyl (C=O) groups is 1. The number of halogens is 1. The first kappa shape index (κ1) is 15.5. The topological polar surface area (TPSA) is 72.2 Å². The van der Waals surface area contributed by atoms with Crippen molar-refractivity contribution in [1.29, 1.82) is 0 Å². The summed E-state index contributed by atoms with van der Waals surface area (Å²) in [6, 6.07) is 11.8. The number of nitrogens with zero attached hydrogens (tertiary/aromatic N) is 1. The number of aryl methyl sites for hydroxylation is 1. The molecular formula is C17H15ClN2O3. The third-order valence-electron chi connectivity index (χ3n) is 4.08. The van der Waals surface area contributed by atoms with Gasteiger partial charge in [-0.3, -0.25) is 14.9 Å². The summed E-state index contributed by atoms with van der Waals surface area (Å²) in [7, 11) is 0. The first-order valence-corrected chi connectivity index (χ1v) is 7.76. The Balaban J connectivity index is 1.86. The number of hydrogen-bond acceptors (Lipinski definition) is 3. The molecular weight excluding hydrogens is 316 g/mol. The van der Waals surface area contributed by atoms with E-state index in [4.69, 9.17) is 11.6 Å². The first-order chi connectivity index (χ1) is 11.1. The number of rotatable bonds is 3. The Kier molecular flexibility index (Phi) is 4.30. The van der Waals surface area contributed by atoms with Crippen LogP contribution < -0.4 is 5.32 Å². The molecule has 1 N–H and O–H groups in total. The molecule has 0 radical (unpaired) electrons. The maximum absolute atomic E-state index is 12.5. The second kappa shape index (κ2) is 6.38. The summed E-state index contributed by atoms with van der Waals surface area (Å²) in [5.41, 5.74) is 2.32. The number of nitro benzene ring substituents is 1. The second-order valence-corrected chi connectivity index (χ2v) is 5.95. The molecule has 0 heterocycles. The number of non-ortho nitro benzene ring substituents is 1. The molecule has 118 valence electrons. The van der Waals surface area contributed by atoms with Crippen LogP contribution in [-0.4, -0.2) is 10.8 Å². The summed E-state index contributed by atoms with van der Waals surface area (Å²) in [5.74, 6) is -0.389. The zero-order chi connectivity index (χ0) is 16.4. The molecule has 23 heavy (non-hydrogen) atoms. The zero-order valence-corrected chi connectivity index (χ0v) is 13.0. The van der Waals surface area contributed by atoms with Crippen LogP contribution in [0.25, 0.3) is 0 Å². The van der Waals surface area contributed by atoms with Crippen LogP contribution in [0.3, 0.4) is 0 Å². The van der Waals surface area contributed by atoms with Gasteiger partial charge in [0.25, 0.3) is 11.6 Å². The molecule has 0 bridgehead atoms. The van der Waals surface area contributed by atoms with Crippen LogP contribution in [0.1, 0.15) is 40.4 Å². The maximum atomic E-state index is 12.5. The number of nitrogens with one attached hydrogen (secondary N) is 1. The van der Waals surface area contributed by atoms with Gasteiger partial charge in [0.1, 0.15) is 0 Å². The Morgan fingerprint density at radius 2 is 2.04 bits per heavy atom. The number of benzene rings is 2. The largest absolute Gasteiger partial charge is 0.345 e. The van der Waals surface area contributed by atoms with Crippen molar-refractivity contribution in [2.75, 3.05) is 0 Å². The highest BCUT2D eigenvalue weighted by atomic mass is 35.5. The summed E-state index contributed by atoms with van der Waals surface area (Å²) in [5, 5.41) is 14.0. The fourth-order valence-electron chi connectivity index (χ4n) is 2.94. The van der Waals surface area contributed by atoms with E-state index in [1.54, 1.807) is 0 Å². The van der Waals surface area contributed by atoms with E-state index >= 15 is 0 Å². The molecule has 0 aromatic heterocycles. The standard InChI is InChI=1S/C17H15ClN2O3/c18-15-9-8-12(20(22)23)10-14(15)17(21)19-16-7-3-5-11-4-1-2-6-13(11)16/h1-2,4,6,8-10,16H,3,5,7H2,(H,19,21)/t16-/m1/s1.